The predicted molar refractivity (Wildman–Crippen MR) is 254 cm³/mol. The molecule has 0 bridgehead atoms. The van der Waals surface area contributed by atoms with Crippen molar-refractivity contribution in [3.8, 4) is 11.1 Å². The van der Waals surface area contributed by atoms with Crippen molar-refractivity contribution < 1.29 is 4.79 Å². The third-order valence-corrected chi connectivity index (χ3v) is 12.9. The quantitative estimate of drug-likeness (QED) is 0.168. The monoisotopic (exact) mass is 784 g/mol. The van der Waals surface area contributed by atoms with Gasteiger partial charge in [-0.05, 0) is 112 Å². The number of hydrogen-bond acceptors (Lipinski definition) is 3. The molecule has 61 heavy (non-hydrogen) atoms. The molecule has 0 heterocycles. The van der Waals surface area contributed by atoms with E-state index in [4.69, 9.17) is 0 Å². The summed E-state index contributed by atoms with van der Waals surface area (Å²) in [6.45, 7) is 0. The average Bonchev–Trinajstić information content (AvgIpc) is 3.39. The van der Waals surface area contributed by atoms with Gasteiger partial charge in [-0.15, -0.1) is 0 Å². The van der Waals surface area contributed by atoms with E-state index in [1.807, 2.05) is 12.2 Å². The lowest BCUT2D eigenvalue weighted by molar-refractivity contribution is -0.117. The third kappa shape index (κ3) is 6.07. The lowest BCUT2D eigenvalue weighted by Gasteiger charge is -2.40. The van der Waals surface area contributed by atoms with Crippen LogP contribution in [0.1, 0.15) is 28.7 Å². The minimum atomic E-state index is -1.13. The van der Waals surface area contributed by atoms with Crippen LogP contribution in [0.25, 0.3) is 21.9 Å². The SMILES string of the molecule is O=C1/C=C\C=C/Cc2ccccc2[C@@]12c1cc(N(c3ccccc3)c3cccc4ccccc34)ccc1-c1ccc(N(C3=CCC=CC=C3)C3C=CC=C4C=CC=CC43)cc12. The number of rotatable bonds is 6. The van der Waals surface area contributed by atoms with Crippen molar-refractivity contribution in [1.29, 1.82) is 0 Å². The Bertz CT molecular complexity index is 3020. The first-order valence-electron chi connectivity index (χ1n) is 21.3. The zero-order valence-electron chi connectivity index (χ0n) is 33.8. The molecule has 5 aliphatic carbocycles. The second kappa shape index (κ2) is 15.3. The summed E-state index contributed by atoms with van der Waals surface area (Å²) in [5, 5.41) is 2.33. The van der Waals surface area contributed by atoms with Crippen LogP contribution in [0.5, 0.6) is 0 Å². The summed E-state index contributed by atoms with van der Waals surface area (Å²) in [5.41, 5.74) is 11.8. The minimum absolute atomic E-state index is 0.0207. The molecular formula is C58H44N2O. The van der Waals surface area contributed by atoms with Crippen LogP contribution < -0.4 is 9.80 Å². The highest BCUT2D eigenvalue weighted by Crippen LogP contribution is 2.57. The average molecular weight is 785 g/mol. The molecule has 0 aromatic heterocycles. The van der Waals surface area contributed by atoms with E-state index in [-0.39, 0.29) is 17.7 Å². The van der Waals surface area contributed by atoms with E-state index < -0.39 is 5.41 Å². The summed E-state index contributed by atoms with van der Waals surface area (Å²) in [5.74, 6) is 0.214. The van der Waals surface area contributed by atoms with Gasteiger partial charge in [-0.25, -0.2) is 0 Å². The predicted octanol–water partition coefficient (Wildman–Crippen LogP) is 13.7. The van der Waals surface area contributed by atoms with Crippen LogP contribution in [0.15, 0.2) is 242 Å². The number of allylic oxidation sites excluding steroid dienone is 14. The Morgan fingerprint density at radius 1 is 0.557 bits per heavy atom. The summed E-state index contributed by atoms with van der Waals surface area (Å²) in [7, 11) is 0. The number of fused-ring (bicyclic) bond motifs is 9. The topological polar surface area (TPSA) is 23.6 Å². The normalized spacial score (nSPS) is 21.5. The highest BCUT2D eigenvalue weighted by atomic mass is 16.1. The Hall–Kier alpha value is -7.49. The maximum absolute atomic E-state index is 15.7. The molecule has 0 saturated carbocycles. The van der Waals surface area contributed by atoms with Crippen LogP contribution in [0, 0.1) is 5.92 Å². The summed E-state index contributed by atoms with van der Waals surface area (Å²) in [6.07, 6.45) is 36.1. The summed E-state index contributed by atoms with van der Waals surface area (Å²) in [6, 6.07) is 47.9. The van der Waals surface area contributed by atoms with Crippen molar-refractivity contribution in [3.05, 3.63) is 264 Å². The van der Waals surface area contributed by atoms with Gasteiger partial charge in [0.15, 0.2) is 5.78 Å². The number of nitrogens with zero attached hydrogens (tertiary/aromatic N) is 2. The number of hydrogen-bond donors (Lipinski definition) is 0. The van der Waals surface area contributed by atoms with Gasteiger partial charge < -0.3 is 9.80 Å². The maximum Gasteiger partial charge on any atom is 0.175 e. The van der Waals surface area contributed by atoms with E-state index in [9.17, 15) is 0 Å². The summed E-state index contributed by atoms with van der Waals surface area (Å²) < 4.78 is 0. The molecule has 0 saturated heterocycles. The number of para-hydroxylation sites is 1. The smallest absolute Gasteiger partial charge is 0.175 e. The molecule has 2 unspecified atom stereocenters. The van der Waals surface area contributed by atoms with E-state index in [2.05, 4.69) is 222 Å². The molecule has 0 radical (unpaired) electrons. The van der Waals surface area contributed by atoms with Gasteiger partial charge >= 0.3 is 0 Å². The molecule has 3 heteroatoms. The molecule has 292 valence electrons. The molecule has 0 N–H and O–H groups in total. The molecule has 6 aromatic carbocycles. The van der Waals surface area contributed by atoms with Gasteiger partial charge in [0.2, 0.25) is 0 Å². The largest absolute Gasteiger partial charge is 0.334 e. The van der Waals surface area contributed by atoms with Crippen molar-refractivity contribution >= 4 is 39.3 Å². The first kappa shape index (κ1) is 36.6. The van der Waals surface area contributed by atoms with E-state index in [1.54, 1.807) is 6.08 Å². The molecule has 0 amide bonds. The number of benzene rings is 6. The zero-order valence-corrected chi connectivity index (χ0v) is 33.8. The van der Waals surface area contributed by atoms with Crippen LogP contribution in [-0.4, -0.2) is 11.8 Å². The standard InChI is InChI=1S/C58H44N2O/c61-57-34-10-3-5-21-43-22-13-16-31-52(43)58(57)53-39-46(59(44-25-6-1-2-7-26-44)55-32-17-23-41-19-11-14-29-48(41)55)35-37-50(53)51-38-36-47(40-54(51)58)60(45-27-8-4-9-28-45)56-33-18-24-42-20-12-15-30-49(42)56/h1-6,8-20,22-40,48,55H,7,21H2/b5-3-,34-10-/t48?,55?,58-/m1/s1. The highest BCUT2D eigenvalue weighted by Gasteiger charge is 2.51. The first-order valence-corrected chi connectivity index (χ1v) is 21.3. The van der Waals surface area contributed by atoms with Gasteiger partial charge in [0, 0.05) is 34.1 Å². The van der Waals surface area contributed by atoms with Crippen LogP contribution in [0.3, 0.4) is 0 Å². The molecular weight excluding hydrogens is 741 g/mol. The number of anilines is 4. The fourth-order valence-corrected chi connectivity index (χ4v) is 10.2. The highest BCUT2D eigenvalue weighted by molar-refractivity contribution is 6.11. The van der Waals surface area contributed by atoms with Gasteiger partial charge in [-0.1, -0.05) is 176 Å². The number of carbonyl (C=O) groups excluding carboxylic acids is 1. The fraction of sp³-hybridized carbons (Fsp3) is 0.0862. The minimum Gasteiger partial charge on any atom is -0.334 e. The lowest BCUT2D eigenvalue weighted by Crippen LogP contribution is -2.40. The zero-order chi connectivity index (χ0) is 40.8. The van der Waals surface area contributed by atoms with E-state index in [1.165, 1.54) is 11.0 Å². The molecule has 6 aromatic rings. The lowest BCUT2D eigenvalue weighted by atomic mass is 9.67. The number of ketones is 1. The van der Waals surface area contributed by atoms with Crippen molar-refractivity contribution in [3.63, 3.8) is 0 Å². The summed E-state index contributed by atoms with van der Waals surface area (Å²) >= 11 is 0. The first-order chi connectivity index (χ1) is 30.2. The Kier molecular flexibility index (Phi) is 9.16. The Labute approximate surface area is 358 Å². The maximum atomic E-state index is 15.7. The summed E-state index contributed by atoms with van der Waals surface area (Å²) in [4.78, 5) is 20.6. The molecule has 0 fully saturated rings. The second-order valence-corrected chi connectivity index (χ2v) is 16.2. The van der Waals surface area contributed by atoms with Gasteiger partial charge in [0.05, 0.1) is 11.7 Å². The van der Waals surface area contributed by atoms with Gasteiger partial charge in [-0.2, -0.15) is 0 Å². The van der Waals surface area contributed by atoms with Crippen LogP contribution in [0.2, 0.25) is 0 Å². The van der Waals surface area contributed by atoms with Crippen LogP contribution in [-0.2, 0) is 16.6 Å². The van der Waals surface area contributed by atoms with Gasteiger partial charge in [0.25, 0.3) is 0 Å². The van der Waals surface area contributed by atoms with Crippen molar-refractivity contribution in [2.45, 2.75) is 24.3 Å². The van der Waals surface area contributed by atoms with Crippen LogP contribution in [0.4, 0.5) is 22.7 Å². The Morgan fingerprint density at radius 2 is 1.30 bits per heavy atom. The second-order valence-electron chi connectivity index (χ2n) is 16.2. The van der Waals surface area contributed by atoms with Crippen LogP contribution >= 0.6 is 0 Å². The van der Waals surface area contributed by atoms with Gasteiger partial charge in [0.1, 0.15) is 5.41 Å². The van der Waals surface area contributed by atoms with E-state index in [0.717, 1.165) is 73.6 Å². The van der Waals surface area contributed by atoms with Crippen molar-refractivity contribution in [1.82, 2.24) is 0 Å². The van der Waals surface area contributed by atoms with Gasteiger partial charge in [-0.3, -0.25) is 4.79 Å². The molecule has 1 spiro atoms. The van der Waals surface area contributed by atoms with E-state index in [0.29, 0.717) is 6.42 Å². The molecule has 5 aliphatic rings. The molecule has 3 atom stereocenters. The third-order valence-electron chi connectivity index (χ3n) is 12.9. The van der Waals surface area contributed by atoms with E-state index >= 15 is 4.79 Å². The molecule has 3 nitrogen and oxygen atoms in total. The number of carbonyl (C=O) groups is 1. The molecule has 0 aliphatic heterocycles. The Morgan fingerprint density at radius 3 is 2.20 bits per heavy atom. The Balaban J connectivity index is 1.17. The molecule has 11 rings (SSSR count). The van der Waals surface area contributed by atoms with Crippen molar-refractivity contribution in [2.75, 3.05) is 9.80 Å². The fourth-order valence-electron chi connectivity index (χ4n) is 10.2. The van der Waals surface area contributed by atoms with Crippen molar-refractivity contribution in [2.24, 2.45) is 5.92 Å².